The number of hydrogen-bond donors (Lipinski definition) is 2. The SMILES string of the molecule is CC(C)(c1ccc(NC(=O)c2ccc(Cl)c(Br)c2)cc1)c1ccc(NC(=O)c2ccc(Cl)c(Br)c2)cc1. The predicted molar refractivity (Wildman–Crippen MR) is 159 cm³/mol. The molecule has 0 atom stereocenters. The summed E-state index contributed by atoms with van der Waals surface area (Å²) in [4.78, 5) is 25.2. The van der Waals surface area contributed by atoms with Crippen LogP contribution in [0.15, 0.2) is 93.9 Å². The van der Waals surface area contributed by atoms with Crippen LogP contribution in [-0.2, 0) is 5.41 Å². The number of halogens is 4. The van der Waals surface area contributed by atoms with E-state index in [1.807, 2.05) is 48.5 Å². The molecule has 188 valence electrons. The zero-order chi connectivity index (χ0) is 26.7. The Labute approximate surface area is 242 Å². The van der Waals surface area contributed by atoms with Crippen LogP contribution in [0.1, 0.15) is 45.7 Å². The minimum Gasteiger partial charge on any atom is -0.322 e. The molecule has 0 spiro atoms. The predicted octanol–water partition coefficient (Wildman–Crippen LogP) is 9.35. The van der Waals surface area contributed by atoms with Crippen LogP contribution in [0.4, 0.5) is 11.4 Å². The zero-order valence-electron chi connectivity index (χ0n) is 19.9. The van der Waals surface area contributed by atoms with Gasteiger partial charge in [-0.15, -0.1) is 0 Å². The molecule has 0 aromatic heterocycles. The smallest absolute Gasteiger partial charge is 0.255 e. The number of hydrogen-bond acceptors (Lipinski definition) is 2. The largest absolute Gasteiger partial charge is 0.322 e. The number of nitrogens with one attached hydrogen (secondary N) is 2. The second-order valence-corrected chi connectivity index (χ2v) is 11.5. The fourth-order valence-corrected chi connectivity index (χ4v) is 4.78. The van der Waals surface area contributed by atoms with Gasteiger partial charge in [-0.3, -0.25) is 9.59 Å². The monoisotopic (exact) mass is 658 g/mol. The van der Waals surface area contributed by atoms with Gasteiger partial charge in [0.1, 0.15) is 0 Å². The lowest BCUT2D eigenvalue weighted by Crippen LogP contribution is -2.19. The maximum absolute atomic E-state index is 12.6. The molecule has 0 radical (unpaired) electrons. The van der Waals surface area contributed by atoms with Crippen LogP contribution in [0.25, 0.3) is 0 Å². The molecule has 4 aromatic carbocycles. The van der Waals surface area contributed by atoms with Crippen LogP contribution >= 0.6 is 55.1 Å². The Kier molecular flexibility index (Phi) is 8.44. The number of benzene rings is 4. The fraction of sp³-hybridized carbons (Fsp3) is 0.103. The van der Waals surface area contributed by atoms with Crippen LogP contribution < -0.4 is 10.6 Å². The Morgan fingerprint density at radius 2 is 0.973 bits per heavy atom. The molecule has 8 heteroatoms. The van der Waals surface area contributed by atoms with Crippen molar-refractivity contribution in [3.63, 3.8) is 0 Å². The molecule has 0 unspecified atom stereocenters. The van der Waals surface area contributed by atoms with Gasteiger partial charge < -0.3 is 10.6 Å². The van der Waals surface area contributed by atoms with E-state index in [1.54, 1.807) is 36.4 Å². The third-order valence-electron chi connectivity index (χ3n) is 6.09. The first-order valence-corrected chi connectivity index (χ1v) is 13.6. The van der Waals surface area contributed by atoms with Crippen molar-refractivity contribution in [2.75, 3.05) is 10.6 Å². The summed E-state index contributed by atoms with van der Waals surface area (Å²) in [6, 6.07) is 25.7. The van der Waals surface area contributed by atoms with Crippen LogP contribution in [0.2, 0.25) is 10.0 Å². The van der Waals surface area contributed by atoms with Crippen molar-refractivity contribution in [2.24, 2.45) is 0 Å². The molecule has 4 rings (SSSR count). The van der Waals surface area contributed by atoms with Crippen molar-refractivity contribution in [3.8, 4) is 0 Å². The van der Waals surface area contributed by atoms with Crippen LogP contribution in [0.5, 0.6) is 0 Å². The lowest BCUT2D eigenvalue weighted by molar-refractivity contribution is 0.101. The summed E-state index contributed by atoms with van der Waals surface area (Å²) in [5, 5.41) is 6.93. The Bertz CT molecular complexity index is 1360. The van der Waals surface area contributed by atoms with E-state index in [4.69, 9.17) is 23.2 Å². The second-order valence-electron chi connectivity index (χ2n) is 8.95. The first-order chi connectivity index (χ1) is 17.5. The highest BCUT2D eigenvalue weighted by atomic mass is 79.9. The van der Waals surface area contributed by atoms with Gasteiger partial charge in [-0.25, -0.2) is 0 Å². The average molecular weight is 661 g/mol. The van der Waals surface area contributed by atoms with Crippen LogP contribution in [-0.4, -0.2) is 11.8 Å². The van der Waals surface area contributed by atoms with E-state index in [1.165, 1.54) is 0 Å². The second kappa shape index (κ2) is 11.4. The number of amides is 2. The maximum Gasteiger partial charge on any atom is 0.255 e. The third kappa shape index (κ3) is 6.44. The highest BCUT2D eigenvalue weighted by molar-refractivity contribution is 9.10. The van der Waals surface area contributed by atoms with Gasteiger partial charge in [-0.2, -0.15) is 0 Å². The highest BCUT2D eigenvalue weighted by Crippen LogP contribution is 2.33. The minimum absolute atomic E-state index is 0.215. The maximum atomic E-state index is 12.6. The molecule has 0 bridgehead atoms. The molecule has 0 aliphatic heterocycles. The molecule has 0 aliphatic carbocycles. The summed E-state index contributed by atoms with van der Waals surface area (Å²) in [5.74, 6) is -0.430. The molecular formula is C29H22Br2Cl2N2O2. The topological polar surface area (TPSA) is 58.2 Å². The minimum atomic E-state index is -0.298. The van der Waals surface area contributed by atoms with Crippen molar-refractivity contribution in [1.29, 1.82) is 0 Å². The van der Waals surface area contributed by atoms with E-state index < -0.39 is 0 Å². The van der Waals surface area contributed by atoms with Crippen molar-refractivity contribution in [2.45, 2.75) is 19.3 Å². The Balaban J connectivity index is 1.43. The molecule has 4 aromatic rings. The number of rotatable bonds is 6. The summed E-state index contributed by atoms with van der Waals surface area (Å²) in [7, 11) is 0. The summed E-state index contributed by atoms with van der Waals surface area (Å²) in [5.41, 5.74) is 4.29. The number of carbonyl (C=O) groups is 2. The number of anilines is 2. The molecule has 37 heavy (non-hydrogen) atoms. The summed E-state index contributed by atoms with van der Waals surface area (Å²) in [6.07, 6.45) is 0. The quantitative estimate of drug-likeness (QED) is 0.217. The van der Waals surface area contributed by atoms with Gasteiger partial charge in [-0.05, 0) is 104 Å². The standard InChI is InChI=1S/C29H22Br2Cl2N2O2/c1-29(2,19-5-9-21(10-6-19)34-27(36)17-3-13-25(32)23(30)15-17)20-7-11-22(12-8-20)35-28(37)18-4-14-26(33)24(31)16-18/h3-16H,1-2H3,(H,34,36)(H,35,37). The lowest BCUT2D eigenvalue weighted by atomic mass is 9.78. The van der Waals surface area contributed by atoms with Gasteiger partial charge in [0, 0.05) is 36.9 Å². The lowest BCUT2D eigenvalue weighted by Gasteiger charge is -2.26. The first-order valence-electron chi connectivity index (χ1n) is 11.3. The summed E-state index contributed by atoms with van der Waals surface area (Å²) >= 11 is 18.7. The molecule has 4 nitrogen and oxygen atoms in total. The van der Waals surface area contributed by atoms with Crippen LogP contribution in [0, 0.1) is 0 Å². The first kappa shape index (κ1) is 27.4. The van der Waals surface area contributed by atoms with Gasteiger partial charge in [0.15, 0.2) is 0 Å². The van der Waals surface area contributed by atoms with Gasteiger partial charge in [0.2, 0.25) is 0 Å². The average Bonchev–Trinajstić information content (AvgIpc) is 2.88. The Morgan fingerprint density at radius 1 is 0.622 bits per heavy atom. The fourth-order valence-electron chi connectivity index (χ4n) is 3.79. The van der Waals surface area contributed by atoms with E-state index in [9.17, 15) is 9.59 Å². The zero-order valence-corrected chi connectivity index (χ0v) is 24.6. The molecule has 0 saturated heterocycles. The van der Waals surface area contributed by atoms with Crippen LogP contribution in [0.3, 0.4) is 0 Å². The van der Waals surface area contributed by atoms with Crippen molar-refractivity contribution in [3.05, 3.63) is 126 Å². The van der Waals surface area contributed by atoms with Gasteiger partial charge in [0.25, 0.3) is 11.8 Å². The van der Waals surface area contributed by atoms with Crippen molar-refractivity contribution < 1.29 is 9.59 Å². The van der Waals surface area contributed by atoms with Gasteiger partial charge in [0.05, 0.1) is 10.0 Å². The molecule has 0 aliphatic rings. The molecule has 0 heterocycles. The molecular weight excluding hydrogens is 639 g/mol. The Hall–Kier alpha value is -2.64. The van der Waals surface area contributed by atoms with E-state index in [2.05, 4.69) is 56.3 Å². The molecule has 2 amide bonds. The third-order valence-corrected chi connectivity index (χ3v) is 8.52. The van der Waals surface area contributed by atoms with Gasteiger partial charge >= 0.3 is 0 Å². The molecule has 2 N–H and O–H groups in total. The summed E-state index contributed by atoms with van der Waals surface area (Å²) in [6.45, 7) is 4.26. The van der Waals surface area contributed by atoms with E-state index in [-0.39, 0.29) is 17.2 Å². The normalized spacial score (nSPS) is 11.2. The van der Waals surface area contributed by atoms with E-state index >= 15 is 0 Å². The van der Waals surface area contributed by atoms with E-state index in [0.717, 1.165) is 11.1 Å². The van der Waals surface area contributed by atoms with Crippen molar-refractivity contribution in [1.82, 2.24) is 0 Å². The Morgan fingerprint density at radius 3 is 1.30 bits per heavy atom. The number of carbonyl (C=O) groups excluding carboxylic acids is 2. The van der Waals surface area contributed by atoms with E-state index in [0.29, 0.717) is 41.5 Å². The highest BCUT2D eigenvalue weighted by Gasteiger charge is 2.23. The van der Waals surface area contributed by atoms with Crippen molar-refractivity contribution >= 4 is 78.3 Å². The molecule has 0 saturated carbocycles. The molecule has 0 fully saturated rings. The van der Waals surface area contributed by atoms with Gasteiger partial charge in [-0.1, -0.05) is 61.3 Å². The summed E-state index contributed by atoms with van der Waals surface area (Å²) < 4.78 is 1.34.